The second kappa shape index (κ2) is 19.0. The number of carboxylic acids is 1. The fraction of sp³-hybridized carbons (Fsp3) is 0.409. The summed E-state index contributed by atoms with van der Waals surface area (Å²) in [6.45, 7) is 2.15. The summed E-state index contributed by atoms with van der Waals surface area (Å²) in [6.07, 6.45) is 32.5. The molecule has 0 radical (unpaired) electrons. The topological polar surface area (TPSA) is 37.3 Å². The number of hydrogen-bond donors (Lipinski definition) is 1. The van der Waals surface area contributed by atoms with E-state index in [-0.39, 0.29) is 6.42 Å². The molecule has 0 bridgehead atoms. The number of carbonyl (C=O) groups is 1. The van der Waals surface area contributed by atoms with E-state index in [4.69, 9.17) is 5.11 Å². The van der Waals surface area contributed by atoms with Crippen molar-refractivity contribution >= 4 is 5.97 Å². The first-order valence-electron chi connectivity index (χ1n) is 8.89. The van der Waals surface area contributed by atoms with Gasteiger partial charge in [-0.25, -0.2) is 0 Å². The quantitative estimate of drug-likeness (QED) is 0.367. The third kappa shape index (κ3) is 19.9. The van der Waals surface area contributed by atoms with Gasteiger partial charge in [-0.05, 0) is 44.9 Å². The van der Waals surface area contributed by atoms with Gasteiger partial charge >= 0.3 is 5.97 Å². The second-order valence-corrected chi connectivity index (χ2v) is 5.35. The van der Waals surface area contributed by atoms with Gasteiger partial charge in [0.15, 0.2) is 0 Å². The average Bonchev–Trinajstić information content (AvgIpc) is 2.56. The highest BCUT2D eigenvalue weighted by atomic mass is 16.4. The van der Waals surface area contributed by atoms with E-state index in [2.05, 4.69) is 67.7 Å². The Morgan fingerprint density at radius 2 is 0.958 bits per heavy atom. The van der Waals surface area contributed by atoms with Gasteiger partial charge < -0.3 is 5.11 Å². The largest absolute Gasteiger partial charge is 0.481 e. The van der Waals surface area contributed by atoms with Gasteiger partial charge in [0.2, 0.25) is 0 Å². The smallest absolute Gasteiger partial charge is 0.303 e. The Morgan fingerprint density at radius 1 is 0.625 bits per heavy atom. The zero-order valence-electron chi connectivity index (χ0n) is 14.9. The minimum atomic E-state index is -0.741. The molecule has 1 N–H and O–H groups in total. The number of carboxylic acid groups (broad SMARTS) is 1. The van der Waals surface area contributed by atoms with Crippen LogP contribution >= 0.6 is 0 Å². The molecular weight excluding hydrogens is 296 g/mol. The van der Waals surface area contributed by atoms with Gasteiger partial charge in [-0.15, -0.1) is 0 Å². The van der Waals surface area contributed by atoms with Crippen LogP contribution in [0.15, 0.2) is 72.9 Å². The fourth-order valence-corrected chi connectivity index (χ4v) is 1.85. The lowest BCUT2D eigenvalue weighted by Gasteiger charge is -1.87. The minimum Gasteiger partial charge on any atom is -0.481 e. The van der Waals surface area contributed by atoms with Crippen LogP contribution in [-0.2, 0) is 4.79 Å². The molecule has 0 aliphatic carbocycles. The maximum atomic E-state index is 10.3. The Balaban J connectivity index is 3.51. The molecule has 0 saturated heterocycles. The molecule has 0 aliphatic heterocycles. The Bertz CT molecular complexity index is 462. The van der Waals surface area contributed by atoms with Crippen LogP contribution in [0.25, 0.3) is 0 Å². The van der Waals surface area contributed by atoms with E-state index < -0.39 is 5.97 Å². The Labute approximate surface area is 147 Å². The lowest BCUT2D eigenvalue weighted by Crippen LogP contribution is -1.91. The summed E-state index contributed by atoms with van der Waals surface area (Å²) >= 11 is 0. The van der Waals surface area contributed by atoms with Crippen LogP contribution in [0, 0.1) is 0 Å². The van der Waals surface area contributed by atoms with Crippen LogP contribution in [0.3, 0.4) is 0 Å². The van der Waals surface area contributed by atoms with Crippen LogP contribution in [0.1, 0.15) is 58.3 Å². The summed E-state index contributed by atoms with van der Waals surface area (Å²) in [4.78, 5) is 10.3. The SMILES string of the molecule is CC/C=C\CC=CC/C=C\C/C=C\C/C=C\C/C=C\CCC(=O)O. The fourth-order valence-electron chi connectivity index (χ4n) is 1.85. The first kappa shape index (κ1) is 21.9. The highest BCUT2D eigenvalue weighted by Crippen LogP contribution is 1.97. The predicted octanol–water partition coefficient (Wildman–Crippen LogP) is 6.55. The van der Waals surface area contributed by atoms with Crippen LogP contribution < -0.4 is 0 Å². The van der Waals surface area contributed by atoms with E-state index in [1.54, 1.807) is 0 Å². The molecule has 0 unspecified atom stereocenters. The Kier molecular flexibility index (Phi) is 17.3. The second-order valence-electron chi connectivity index (χ2n) is 5.35. The number of hydrogen-bond acceptors (Lipinski definition) is 1. The highest BCUT2D eigenvalue weighted by Gasteiger charge is 1.90. The van der Waals surface area contributed by atoms with Gasteiger partial charge in [-0.2, -0.15) is 0 Å². The third-order valence-corrected chi connectivity index (χ3v) is 3.12. The molecule has 2 heteroatoms. The standard InChI is InChI=1S/C22H32O2/c1-2-3-4-5-6-7-8-9-10-11-12-13-14-15-16-17-18-19-20-21-22(23)24/h3-4,6-7,9-10,12-13,15-16,18-19H,2,5,8,11,14,17,20-21H2,1H3,(H,23,24)/b4-3-,7-6?,10-9-,13-12-,16-15-,19-18-. The molecular formula is C22H32O2. The van der Waals surface area contributed by atoms with Crippen LogP contribution in [0.2, 0.25) is 0 Å². The van der Waals surface area contributed by atoms with Gasteiger partial charge in [0.25, 0.3) is 0 Å². The van der Waals surface area contributed by atoms with E-state index >= 15 is 0 Å². The van der Waals surface area contributed by atoms with Crippen molar-refractivity contribution in [3.8, 4) is 0 Å². The lowest BCUT2D eigenvalue weighted by molar-refractivity contribution is -0.136. The molecule has 24 heavy (non-hydrogen) atoms. The molecule has 0 atom stereocenters. The summed E-state index contributed by atoms with van der Waals surface area (Å²) in [6, 6.07) is 0. The summed E-state index contributed by atoms with van der Waals surface area (Å²) in [7, 11) is 0. The first-order valence-corrected chi connectivity index (χ1v) is 8.89. The zero-order chi connectivity index (χ0) is 17.7. The zero-order valence-corrected chi connectivity index (χ0v) is 14.9. The van der Waals surface area contributed by atoms with Crippen molar-refractivity contribution in [2.45, 2.75) is 58.3 Å². The van der Waals surface area contributed by atoms with Gasteiger partial charge in [-0.3, -0.25) is 4.79 Å². The summed E-state index contributed by atoms with van der Waals surface area (Å²) in [5, 5.41) is 8.49. The van der Waals surface area contributed by atoms with Gasteiger partial charge in [0.05, 0.1) is 0 Å². The van der Waals surface area contributed by atoms with E-state index in [0.29, 0.717) is 6.42 Å². The lowest BCUT2D eigenvalue weighted by atomic mass is 10.2. The molecule has 132 valence electrons. The van der Waals surface area contributed by atoms with Crippen molar-refractivity contribution in [2.24, 2.45) is 0 Å². The summed E-state index contributed by atoms with van der Waals surface area (Å²) in [5.41, 5.74) is 0. The molecule has 0 spiro atoms. The van der Waals surface area contributed by atoms with E-state index in [0.717, 1.165) is 38.5 Å². The molecule has 0 aromatic carbocycles. The van der Waals surface area contributed by atoms with Crippen molar-refractivity contribution < 1.29 is 9.90 Å². The number of allylic oxidation sites excluding steroid dienone is 12. The van der Waals surface area contributed by atoms with Crippen LogP contribution in [0.4, 0.5) is 0 Å². The van der Waals surface area contributed by atoms with Gasteiger partial charge in [-0.1, -0.05) is 79.8 Å². The maximum absolute atomic E-state index is 10.3. The normalized spacial score (nSPS) is 13.0. The molecule has 0 fully saturated rings. The molecule has 2 nitrogen and oxygen atoms in total. The molecule has 0 rings (SSSR count). The van der Waals surface area contributed by atoms with Crippen molar-refractivity contribution in [2.75, 3.05) is 0 Å². The molecule has 0 aliphatic rings. The van der Waals surface area contributed by atoms with Gasteiger partial charge in [0, 0.05) is 6.42 Å². The maximum Gasteiger partial charge on any atom is 0.303 e. The molecule has 0 saturated carbocycles. The number of aliphatic carboxylic acids is 1. The molecule has 0 amide bonds. The van der Waals surface area contributed by atoms with E-state index in [1.807, 2.05) is 12.2 Å². The van der Waals surface area contributed by atoms with E-state index in [1.165, 1.54) is 0 Å². The highest BCUT2D eigenvalue weighted by molar-refractivity contribution is 5.66. The minimum absolute atomic E-state index is 0.210. The monoisotopic (exact) mass is 328 g/mol. The Morgan fingerprint density at radius 3 is 1.29 bits per heavy atom. The predicted molar refractivity (Wildman–Crippen MR) is 105 cm³/mol. The van der Waals surface area contributed by atoms with Crippen molar-refractivity contribution in [1.29, 1.82) is 0 Å². The average molecular weight is 328 g/mol. The summed E-state index contributed by atoms with van der Waals surface area (Å²) in [5.74, 6) is -0.741. The van der Waals surface area contributed by atoms with Crippen LogP contribution in [-0.4, -0.2) is 11.1 Å². The first-order chi connectivity index (χ1) is 11.8. The van der Waals surface area contributed by atoms with Crippen molar-refractivity contribution in [3.63, 3.8) is 0 Å². The number of rotatable bonds is 14. The summed E-state index contributed by atoms with van der Waals surface area (Å²) < 4.78 is 0. The van der Waals surface area contributed by atoms with Crippen LogP contribution in [0.5, 0.6) is 0 Å². The molecule has 0 aromatic heterocycles. The van der Waals surface area contributed by atoms with E-state index in [9.17, 15) is 4.79 Å². The van der Waals surface area contributed by atoms with Crippen molar-refractivity contribution in [3.05, 3.63) is 72.9 Å². The Hall–Kier alpha value is -2.09. The molecule has 0 aromatic rings. The molecule has 0 heterocycles. The van der Waals surface area contributed by atoms with Crippen molar-refractivity contribution in [1.82, 2.24) is 0 Å². The van der Waals surface area contributed by atoms with Gasteiger partial charge in [0.1, 0.15) is 0 Å². The third-order valence-electron chi connectivity index (χ3n) is 3.12.